The first-order valence-electron chi connectivity index (χ1n) is 10.7. The number of ether oxygens (including phenoxy) is 1. The molecule has 1 amide bonds. The maximum Gasteiger partial charge on any atom is 0.276 e. The number of hydrogen-bond donors (Lipinski definition) is 1. The van der Waals surface area contributed by atoms with Gasteiger partial charge < -0.3 is 10.1 Å². The Balaban J connectivity index is 1.32. The number of fused-ring (bicyclic) bond motifs is 1. The van der Waals surface area contributed by atoms with E-state index in [0.29, 0.717) is 23.0 Å². The molecule has 34 heavy (non-hydrogen) atoms. The van der Waals surface area contributed by atoms with E-state index in [0.717, 1.165) is 26.4 Å². The number of carbonyl (C=O) groups excluding carboxylic acids is 1. The highest BCUT2D eigenvalue weighted by atomic mass is 32.1. The van der Waals surface area contributed by atoms with E-state index in [1.54, 1.807) is 36.9 Å². The number of hydrogen-bond acceptors (Lipinski definition) is 7. The van der Waals surface area contributed by atoms with Gasteiger partial charge in [0.05, 0.1) is 11.7 Å². The third kappa shape index (κ3) is 4.35. The van der Waals surface area contributed by atoms with E-state index in [-0.39, 0.29) is 5.91 Å². The molecule has 1 aromatic carbocycles. The Kier molecular flexibility index (Phi) is 5.73. The number of aryl methyl sites for hydroxylation is 3. The zero-order valence-electron chi connectivity index (χ0n) is 18.9. The Bertz CT molecular complexity index is 1500. The largest absolute Gasteiger partial charge is 0.455 e. The lowest BCUT2D eigenvalue weighted by Crippen LogP contribution is -2.14. The van der Waals surface area contributed by atoms with Crippen molar-refractivity contribution >= 4 is 34.0 Å². The molecule has 7 nitrogen and oxygen atoms in total. The molecular weight excluding hydrogens is 446 g/mol. The van der Waals surface area contributed by atoms with Gasteiger partial charge in [-0.05, 0) is 74.4 Å². The van der Waals surface area contributed by atoms with E-state index in [2.05, 4.69) is 51.2 Å². The van der Waals surface area contributed by atoms with E-state index in [4.69, 9.17) is 4.74 Å². The zero-order chi connectivity index (χ0) is 23.7. The smallest absolute Gasteiger partial charge is 0.276 e. The Morgan fingerprint density at radius 3 is 2.59 bits per heavy atom. The van der Waals surface area contributed by atoms with Crippen molar-refractivity contribution in [1.29, 1.82) is 0 Å². The second-order valence-electron chi connectivity index (χ2n) is 7.86. The van der Waals surface area contributed by atoms with Crippen molar-refractivity contribution in [3.05, 3.63) is 88.9 Å². The second kappa shape index (κ2) is 8.99. The minimum Gasteiger partial charge on any atom is -0.455 e. The summed E-state index contributed by atoms with van der Waals surface area (Å²) in [4.78, 5) is 31.0. The van der Waals surface area contributed by atoms with Crippen LogP contribution < -0.4 is 10.1 Å². The Morgan fingerprint density at radius 2 is 1.82 bits per heavy atom. The highest BCUT2D eigenvalue weighted by molar-refractivity contribution is 7.15. The van der Waals surface area contributed by atoms with Gasteiger partial charge in [-0.3, -0.25) is 14.8 Å². The van der Waals surface area contributed by atoms with Crippen LogP contribution in [0.2, 0.25) is 0 Å². The van der Waals surface area contributed by atoms with Crippen molar-refractivity contribution in [2.75, 3.05) is 5.32 Å². The second-order valence-corrected chi connectivity index (χ2v) is 9.07. The summed E-state index contributed by atoms with van der Waals surface area (Å²) in [6.45, 7) is 6.00. The van der Waals surface area contributed by atoms with Gasteiger partial charge >= 0.3 is 0 Å². The fraction of sp³-hybridized carbons (Fsp3) is 0.115. The molecule has 0 atom stereocenters. The molecule has 168 valence electrons. The summed E-state index contributed by atoms with van der Waals surface area (Å²) in [5.41, 5.74) is 4.48. The van der Waals surface area contributed by atoms with Crippen LogP contribution in [0, 0.1) is 20.8 Å². The Labute approximate surface area is 200 Å². The minimum absolute atomic E-state index is 0.309. The van der Waals surface area contributed by atoms with Crippen LogP contribution in [0.3, 0.4) is 0 Å². The number of nitrogens with zero attached hydrogens (tertiary/aromatic N) is 4. The van der Waals surface area contributed by atoms with Gasteiger partial charge in [0.25, 0.3) is 5.91 Å². The summed E-state index contributed by atoms with van der Waals surface area (Å²) in [6, 6.07) is 13.2. The quantitative estimate of drug-likeness (QED) is 0.335. The number of pyridine rings is 3. The molecule has 0 saturated carbocycles. The monoisotopic (exact) mass is 467 g/mol. The normalized spacial score (nSPS) is 10.9. The van der Waals surface area contributed by atoms with Crippen LogP contribution in [0.1, 0.15) is 26.5 Å². The van der Waals surface area contributed by atoms with Crippen LogP contribution in [0.5, 0.6) is 11.5 Å². The summed E-state index contributed by atoms with van der Waals surface area (Å²) < 4.78 is 6.07. The number of nitrogens with one attached hydrogen (secondary N) is 1. The van der Waals surface area contributed by atoms with E-state index in [1.807, 2.05) is 25.1 Å². The lowest BCUT2D eigenvalue weighted by atomic mass is 10.1. The van der Waals surface area contributed by atoms with Gasteiger partial charge in [-0.1, -0.05) is 0 Å². The number of amides is 1. The van der Waals surface area contributed by atoms with Crippen LogP contribution in [-0.4, -0.2) is 25.8 Å². The first-order chi connectivity index (χ1) is 16.5. The molecule has 8 heteroatoms. The van der Waals surface area contributed by atoms with Gasteiger partial charge in [0.1, 0.15) is 28.0 Å². The van der Waals surface area contributed by atoms with E-state index in [9.17, 15) is 4.79 Å². The predicted molar refractivity (Wildman–Crippen MR) is 134 cm³/mol. The number of carbonyl (C=O) groups is 1. The van der Waals surface area contributed by atoms with Gasteiger partial charge in [0, 0.05) is 34.4 Å². The molecule has 0 aliphatic carbocycles. The first kappa shape index (κ1) is 21.7. The number of thiazole rings is 1. The lowest BCUT2D eigenvalue weighted by molar-refractivity contribution is 0.102. The maximum absolute atomic E-state index is 12.8. The van der Waals surface area contributed by atoms with Crippen molar-refractivity contribution in [3.63, 3.8) is 0 Å². The molecule has 0 saturated heterocycles. The molecule has 1 N–H and O–H groups in total. The Morgan fingerprint density at radius 1 is 0.971 bits per heavy atom. The first-order valence-corrected chi connectivity index (χ1v) is 11.5. The summed E-state index contributed by atoms with van der Waals surface area (Å²) in [7, 11) is 0. The number of anilines is 1. The van der Waals surface area contributed by atoms with Crippen molar-refractivity contribution in [2.24, 2.45) is 0 Å². The van der Waals surface area contributed by atoms with Crippen LogP contribution in [-0.2, 0) is 0 Å². The molecule has 0 fully saturated rings. The maximum atomic E-state index is 12.8. The van der Waals surface area contributed by atoms with Crippen molar-refractivity contribution in [3.8, 4) is 22.1 Å². The fourth-order valence-corrected chi connectivity index (χ4v) is 4.41. The SMILES string of the molecule is Cc1cc2nccc(Oc3ccc(NC(=O)c4nc(-c5cccnc5)sc4C)nc3)c2cc1C. The van der Waals surface area contributed by atoms with Crippen molar-refractivity contribution in [1.82, 2.24) is 19.9 Å². The molecule has 4 heterocycles. The summed E-state index contributed by atoms with van der Waals surface area (Å²) in [6.07, 6.45) is 6.74. The molecule has 0 radical (unpaired) electrons. The molecular formula is C26H21N5O2S. The Hall–Kier alpha value is -4.17. The summed E-state index contributed by atoms with van der Waals surface area (Å²) >= 11 is 1.46. The zero-order valence-corrected chi connectivity index (χ0v) is 19.7. The molecule has 5 aromatic rings. The number of aromatic nitrogens is 4. The molecule has 0 unspecified atom stereocenters. The van der Waals surface area contributed by atoms with Crippen molar-refractivity contribution < 1.29 is 9.53 Å². The number of benzene rings is 1. The fourth-order valence-electron chi connectivity index (χ4n) is 3.51. The topological polar surface area (TPSA) is 89.9 Å². The average molecular weight is 468 g/mol. The van der Waals surface area contributed by atoms with Crippen LogP contribution in [0.25, 0.3) is 21.5 Å². The van der Waals surface area contributed by atoms with Gasteiger partial charge in [-0.15, -0.1) is 11.3 Å². The predicted octanol–water partition coefficient (Wildman–Crippen LogP) is 6.12. The van der Waals surface area contributed by atoms with Gasteiger partial charge in [-0.2, -0.15) is 0 Å². The highest BCUT2D eigenvalue weighted by Crippen LogP contribution is 2.31. The lowest BCUT2D eigenvalue weighted by Gasteiger charge is -2.11. The van der Waals surface area contributed by atoms with Gasteiger partial charge in [-0.25, -0.2) is 9.97 Å². The van der Waals surface area contributed by atoms with E-state index >= 15 is 0 Å². The summed E-state index contributed by atoms with van der Waals surface area (Å²) in [5, 5.41) is 4.50. The molecule has 0 aliphatic heterocycles. The third-order valence-corrected chi connectivity index (χ3v) is 6.46. The van der Waals surface area contributed by atoms with E-state index < -0.39 is 0 Å². The van der Waals surface area contributed by atoms with Crippen LogP contribution in [0.15, 0.2) is 67.3 Å². The third-order valence-electron chi connectivity index (χ3n) is 5.44. The molecule has 0 bridgehead atoms. The highest BCUT2D eigenvalue weighted by Gasteiger charge is 2.17. The van der Waals surface area contributed by atoms with Crippen LogP contribution >= 0.6 is 11.3 Å². The molecule has 5 rings (SSSR count). The standard InChI is InChI=1S/C26H21N5O2S/c1-15-11-20-21(12-16(15)2)28-10-8-22(20)33-19-6-7-23(29-14-19)30-25(32)24-17(3)34-26(31-24)18-5-4-9-27-13-18/h4-14H,1-3H3,(H,29,30,32). The van der Waals surface area contributed by atoms with E-state index in [1.165, 1.54) is 22.5 Å². The summed E-state index contributed by atoms with van der Waals surface area (Å²) in [5.74, 6) is 1.37. The van der Waals surface area contributed by atoms with Gasteiger partial charge in [0.15, 0.2) is 0 Å². The number of rotatable bonds is 5. The van der Waals surface area contributed by atoms with Crippen LogP contribution in [0.4, 0.5) is 5.82 Å². The molecule has 4 aromatic heterocycles. The van der Waals surface area contributed by atoms with Crippen molar-refractivity contribution in [2.45, 2.75) is 20.8 Å². The molecule has 0 aliphatic rings. The molecule has 0 spiro atoms. The van der Waals surface area contributed by atoms with Gasteiger partial charge in [0.2, 0.25) is 0 Å². The minimum atomic E-state index is -0.309. The average Bonchev–Trinajstić information content (AvgIpc) is 3.24.